The van der Waals surface area contributed by atoms with Crippen LogP contribution in [0.5, 0.6) is 0 Å². The van der Waals surface area contributed by atoms with Crippen molar-refractivity contribution < 1.29 is 19.1 Å². The average Bonchev–Trinajstić information content (AvgIpc) is 3.02. The topological polar surface area (TPSA) is 67.9 Å². The zero-order chi connectivity index (χ0) is 18.4. The minimum absolute atomic E-state index is 0.0338. The molecular formula is C19H28N2O4. The summed E-state index contributed by atoms with van der Waals surface area (Å²) < 4.78 is 10.7. The highest BCUT2D eigenvalue weighted by Crippen LogP contribution is 2.24. The zero-order valence-electron chi connectivity index (χ0n) is 15.5. The van der Waals surface area contributed by atoms with Gasteiger partial charge in [-0.15, -0.1) is 0 Å². The summed E-state index contributed by atoms with van der Waals surface area (Å²) in [5.41, 5.74) is 0.341. The molecule has 1 aromatic rings. The van der Waals surface area contributed by atoms with Gasteiger partial charge in [0.15, 0.2) is 6.10 Å². The van der Waals surface area contributed by atoms with Crippen molar-refractivity contribution in [2.75, 3.05) is 26.7 Å². The van der Waals surface area contributed by atoms with E-state index in [2.05, 4.69) is 5.32 Å². The minimum atomic E-state index is -0.584. The lowest BCUT2D eigenvalue weighted by Crippen LogP contribution is -2.37. The fraction of sp³-hybridized carbons (Fsp3) is 0.579. The molecule has 1 aliphatic heterocycles. The van der Waals surface area contributed by atoms with Crippen LogP contribution in [0.15, 0.2) is 30.3 Å². The molecule has 0 aromatic heterocycles. The Kier molecular flexibility index (Phi) is 6.42. The molecule has 0 unspecified atom stereocenters. The van der Waals surface area contributed by atoms with E-state index in [1.165, 1.54) is 0 Å². The van der Waals surface area contributed by atoms with E-state index in [1.54, 1.807) is 7.11 Å². The van der Waals surface area contributed by atoms with Crippen molar-refractivity contribution in [1.29, 1.82) is 0 Å². The van der Waals surface area contributed by atoms with E-state index >= 15 is 0 Å². The number of nitrogens with zero attached hydrogens (tertiary/aromatic N) is 1. The van der Waals surface area contributed by atoms with Gasteiger partial charge in [-0.1, -0.05) is 30.3 Å². The summed E-state index contributed by atoms with van der Waals surface area (Å²) in [7, 11) is 1.55. The second-order valence-electron chi connectivity index (χ2n) is 7.35. The zero-order valence-corrected chi connectivity index (χ0v) is 15.5. The summed E-state index contributed by atoms with van der Waals surface area (Å²) in [5, 5.41) is 2.79. The Balaban J connectivity index is 1.85. The van der Waals surface area contributed by atoms with Crippen LogP contribution in [0.2, 0.25) is 0 Å². The molecule has 138 valence electrons. The number of likely N-dealkylation sites (tertiary alicyclic amines) is 1. The number of hydrogen-bond donors (Lipinski definition) is 1. The van der Waals surface area contributed by atoms with Crippen LogP contribution in [0.1, 0.15) is 38.9 Å². The normalized spacial score (nSPS) is 18.7. The maximum atomic E-state index is 12.7. The van der Waals surface area contributed by atoms with Crippen LogP contribution in [-0.2, 0) is 14.3 Å². The number of carbonyl (C=O) groups is 2. The van der Waals surface area contributed by atoms with Crippen molar-refractivity contribution in [3.8, 4) is 0 Å². The van der Waals surface area contributed by atoms with Gasteiger partial charge in [-0.3, -0.25) is 4.79 Å². The third kappa shape index (κ3) is 5.74. The Morgan fingerprint density at radius 3 is 2.56 bits per heavy atom. The largest absolute Gasteiger partial charge is 0.444 e. The Morgan fingerprint density at radius 2 is 1.96 bits per heavy atom. The van der Waals surface area contributed by atoms with Crippen LogP contribution in [0, 0.1) is 5.92 Å². The number of hydrogen-bond acceptors (Lipinski definition) is 4. The quantitative estimate of drug-likeness (QED) is 0.888. The number of rotatable bonds is 5. The van der Waals surface area contributed by atoms with Gasteiger partial charge in [0, 0.05) is 26.7 Å². The molecule has 0 bridgehead atoms. The molecule has 6 nitrogen and oxygen atoms in total. The molecule has 6 heteroatoms. The number of ether oxygens (including phenoxy) is 2. The van der Waals surface area contributed by atoms with Crippen LogP contribution >= 0.6 is 0 Å². The lowest BCUT2D eigenvalue weighted by Gasteiger charge is -2.23. The number of methoxy groups -OCH3 is 1. The lowest BCUT2D eigenvalue weighted by molar-refractivity contribution is -0.141. The van der Waals surface area contributed by atoms with E-state index < -0.39 is 17.8 Å². The first-order valence-corrected chi connectivity index (χ1v) is 8.63. The molecule has 1 aromatic carbocycles. The minimum Gasteiger partial charge on any atom is -0.444 e. The predicted octanol–water partition coefficient (Wildman–Crippen LogP) is 2.75. The first-order valence-electron chi connectivity index (χ1n) is 8.63. The second kappa shape index (κ2) is 8.34. The van der Waals surface area contributed by atoms with E-state index in [1.807, 2.05) is 56.0 Å². The number of amides is 2. The molecule has 1 N–H and O–H groups in total. The van der Waals surface area contributed by atoms with Gasteiger partial charge in [0.25, 0.3) is 5.91 Å². The molecule has 0 spiro atoms. The molecule has 0 saturated carbocycles. The average molecular weight is 348 g/mol. The van der Waals surface area contributed by atoms with Gasteiger partial charge in [0.05, 0.1) is 0 Å². The summed E-state index contributed by atoms with van der Waals surface area (Å²) in [6, 6.07) is 9.49. The molecular weight excluding hydrogens is 320 g/mol. The predicted molar refractivity (Wildman–Crippen MR) is 95.1 cm³/mol. The highest BCUT2D eigenvalue weighted by molar-refractivity contribution is 5.82. The summed E-state index contributed by atoms with van der Waals surface area (Å²) >= 11 is 0. The van der Waals surface area contributed by atoms with Crippen LogP contribution in [0.3, 0.4) is 0 Å². The smallest absolute Gasteiger partial charge is 0.407 e. The van der Waals surface area contributed by atoms with Crippen molar-refractivity contribution in [3.63, 3.8) is 0 Å². The van der Waals surface area contributed by atoms with Crippen molar-refractivity contribution in [2.24, 2.45) is 5.92 Å². The highest BCUT2D eigenvalue weighted by atomic mass is 16.6. The maximum absolute atomic E-state index is 12.7. The van der Waals surface area contributed by atoms with Gasteiger partial charge in [-0.05, 0) is 38.7 Å². The summed E-state index contributed by atoms with van der Waals surface area (Å²) in [6.07, 6.45) is -0.151. The van der Waals surface area contributed by atoms with E-state index in [0.29, 0.717) is 19.6 Å². The standard InChI is InChI=1S/C19H28N2O4/c1-19(2,3)25-18(23)20-12-14-10-11-21(13-14)17(22)16(24-4)15-8-6-5-7-9-15/h5-9,14,16H,10-13H2,1-4H3,(H,20,23)/t14-,16-/m1/s1. The third-order valence-corrected chi connectivity index (χ3v) is 4.09. The molecule has 1 fully saturated rings. The summed E-state index contributed by atoms with van der Waals surface area (Å²) in [4.78, 5) is 26.3. The lowest BCUT2D eigenvalue weighted by atomic mass is 10.1. The first kappa shape index (κ1) is 19.2. The van der Waals surface area contributed by atoms with E-state index in [4.69, 9.17) is 9.47 Å². The van der Waals surface area contributed by atoms with Gasteiger partial charge in [-0.25, -0.2) is 4.79 Å². The Hall–Kier alpha value is -2.08. The number of benzene rings is 1. The summed E-state index contributed by atoms with van der Waals surface area (Å²) in [5.74, 6) is 0.193. The van der Waals surface area contributed by atoms with Crippen molar-refractivity contribution >= 4 is 12.0 Å². The SMILES string of the molecule is CO[C@@H](C(=O)N1CC[C@H](CNC(=O)OC(C)(C)C)C1)c1ccccc1. The molecule has 2 amide bonds. The van der Waals surface area contributed by atoms with E-state index in [-0.39, 0.29) is 11.8 Å². The molecule has 1 aliphatic rings. The van der Waals surface area contributed by atoms with Gasteiger partial charge >= 0.3 is 6.09 Å². The Bertz CT molecular complexity index is 583. The Morgan fingerprint density at radius 1 is 1.28 bits per heavy atom. The van der Waals surface area contributed by atoms with Crippen LogP contribution in [0.4, 0.5) is 4.79 Å². The van der Waals surface area contributed by atoms with Crippen LogP contribution in [-0.4, -0.2) is 49.2 Å². The maximum Gasteiger partial charge on any atom is 0.407 e. The van der Waals surface area contributed by atoms with E-state index in [0.717, 1.165) is 12.0 Å². The molecule has 2 rings (SSSR count). The van der Waals surface area contributed by atoms with Crippen molar-refractivity contribution in [1.82, 2.24) is 10.2 Å². The van der Waals surface area contributed by atoms with Gasteiger partial charge < -0.3 is 19.7 Å². The van der Waals surface area contributed by atoms with Gasteiger partial charge in [-0.2, -0.15) is 0 Å². The first-order chi connectivity index (χ1) is 11.8. The molecule has 25 heavy (non-hydrogen) atoms. The van der Waals surface area contributed by atoms with Gasteiger partial charge in [0.2, 0.25) is 0 Å². The molecule has 1 saturated heterocycles. The van der Waals surface area contributed by atoms with E-state index in [9.17, 15) is 9.59 Å². The molecule has 2 atom stereocenters. The molecule has 0 radical (unpaired) electrons. The second-order valence-corrected chi connectivity index (χ2v) is 7.35. The number of nitrogens with one attached hydrogen (secondary N) is 1. The fourth-order valence-corrected chi connectivity index (χ4v) is 2.91. The Labute approximate surface area is 149 Å². The molecule has 1 heterocycles. The highest BCUT2D eigenvalue weighted by Gasteiger charge is 2.32. The monoisotopic (exact) mass is 348 g/mol. The van der Waals surface area contributed by atoms with Crippen LogP contribution < -0.4 is 5.32 Å². The van der Waals surface area contributed by atoms with Crippen LogP contribution in [0.25, 0.3) is 0 Å². The number of carbonyl (C=O) groups excluding carboxylic acids is 2. The number of alkyl carbamates (subject to hydrolysis) is 1. The third-order valence-electron chi connectivity index (χ3n) is 4.09. The van der Waals surface area contributed by atoms with Crippen molar-refractivity contribution in [2.45, 2.75) is 38.9 Å². The van der Waals surface area contributed by atoms with Gasteiger partial charge in [0.1, 0.15) is 5.60 Å². The molecule has 0 aliphatic carbocycles. The fourth-order valence-electron chi connectivity index (χ4n) is 2.91. The van der Waals surface area contributed by atoms with Crippen molar-refractivity contribution in [3.05, 3.63) is 35.9 Å². The summed E-state index contributed by atoms with van der Waals surface area (Å²) in [6.45, 7) is 7.28.